The fourth-order valence-electron chi connectivity index (χ4n) is 2.77. The summed E-state index contributed by atoms with van der Waals surface area (Å²) in [4.78, 5) is 6.85. The van der Waals surface area contributed by atoms with Crippen molar-refractivity contribution in [2.75, 3.05) is 13.1 Å². The van der Waals surface area contributed by atoms with E-state index in [1.165, 1.54) is 17.4 Å². The fraction of sp³-hybridized carbons (Fsp3) is 0.438. The molecule has 2 atom stereocenters. The monoisotopic (exact) mass is 306 g/mol. The van der Waals surface area contributed by atoms with Gasteiger partial charge in [-0.1, -0.05) is 12.1 Å². The van der Waals surface area contributed by atoms with Crippen LogP contribution >= 0.6 is 11.3 Å². The van der Waals surface area contributed by atoms with Crippen LogP contribution in [0.5, 0.6) is 0 Å². The van der Waals surface area contributed by atoms with Crippen LogP contribution in [0, 0.1) is 11.7 Å². The topological polar surface area (TPSA) is 36.4 Å². The number of rotatable bonds is 4. The van der Waals surface area contributed by atoms with Crippen molar-refractivity contribution in [2.24, 2.45) is 5.92 Å². The smallest absolute Gasteiger partial charge is 0.133 e. The Morgan fingerprint density at radius 3 is 3.00 bits per heavy atom. The zero-order chi connectivity index (χ0) is 14.8. The van der Waals surface area contributed by atoms with Crippen molar-refractivity contribution in [1.29, 1.82) is 0 Å². The van der Waals surface area contributed by atoms with Crippen molar-refractivity contribution in [3.63, 3.8) is 0 Å². The maximum atomic E-state index is 13.8. The SMILES string of the molecule is CC(O)C1CCN(Cc2csc(-c3ccccc3F)n2)C1. The lowest BCUT2D eigenvalue weighted by molar-refractivity contribution is 0.127. The number of likely N-dealkylation sites (tertiary alicyclic amines) is 1. The van der Waals surface area contributed by atoms with Gasteiger partial charge in [-0.05, 0) is 37.9 Å². The van der Waals surface area contributed by atoms with Crippen LogP contribution in [-0.4, -0.2) is 34.2 Å². The lowest BCUT2D eigenvalue weighted by atomic mass is 10.0. The van der Waals surface area contributed by atoms with Gasteiger partial charge in [0.25, 0.3) is 0 Å². The zero-order valence-corrected chi connectivity index (χ0v) is 12.8. The molecule has 1 fully saturated rings. The molecule has 3 rings (SSSR count). The minimum Gasteiger partial charge on any atom is -0.393 e. The van der Waals surface area contributed by atoms with Crippen molar-refractivity contribution in [1.82, 2.24) is 9.88 Å². The Bertz CT molecular complexity index is 614. The second-order valence-electron chi connectivity index (χ2n) is 5.65. The molecule has 1 aromatic heterocycles. The molecular formula is C16H19FN2OS. The van der Waals surface area contributed by atoms with Gasteiger partial charge in [0.05, 0.1) is 11.8 Å². The van der Waals surface area contributed by atoms with Crippen molar-refractivity contribution < 1.29 is 9.50 Å². The van der Waals surface area contributed by atoms with Gasteiger partial charge in [-0.3, -0.25) is 4.90 Å². The molecule has 2 heterocycles. The highest BCUT2D eigenvalue weighted by Crippen LogP contribution is 2.27. The molecule has 5 heteroatoms. The van der Waals surface area contributed by atoms with Crippen LogP contribution < -0.4 is 0 Å². The summed E-state index contributed by atoms with van der Waals surface area (Å²) >= 11 is 1.48. The Hall–Kier alpha value is -1.30. The molecule has 1 N–H and O–H groups in total. The van der Waals surface area contributed by atoms with Crippen molar-refractivity contribution >= 4 is 11.3 Å². The molecule has 1 aromatic carbocycles. The highest BCUT2D eigenvalue weighted by Gasteiger charge is 2.26. The maximum Gasteiger partial charge on any atom is 0.133 e. The highest BCUT2D eigenvalue weighted by atomic mass is 32.1. The van der Waals surface area contributed by atoms with Gasteiger partial charge >= 0.3 is 0 Å². The van der Waals surface area contributed by atoms with E-state index >= 15 is 0 Å². The van der Waals surface area contributed by atoms with Crippen LogP contribution in [0.25, 0.3) is 10.6 Å². The van der Waals surface area contributed by atoms with Crippen LogP contribution in [0.4, 0.5) is 4.39 Å². The third kappa shape index (κ3) is 3.31. The van der Waals surface area contributed by atoms with Crippen LogP contribution in [0.2, 0.25) is 0 Å². The van der Waals surface area contributed by atoms with Gasteiger partial charge in [-0.2, -0.15) is 0 Å². The van der Waals surface area contributed by atoms with Crippen LogP contribution in [-0.2, 0) is 6.54 Å². The molecule has 2 unspecified atom stereocenters. The number of hydrogen-bond donors (Lipinski definition) is 1. The van der Waals surface area contributed by atoms with E-state index in [0.717, 1.165) is 36.8 Å². The van der Waals surface area contributed by atoms with Crippen molar-refractivity contribution in [2.45, 2.75) is 26.0 Å². The molecule has 0 saturated carbocycles. The average Bonchev–Trinajstić information content (AvgIpc) is 3.09. The molecule has 0 amide bonds. The van der Waals surface area contributed by atoms with Gasteiger partial charge in [0.2, 0.25) is 0 Å². The van der Waals surface area contributed by atoms with Gasteiger partial charge in [-0.15, -0.1) is 11.3 Å². The predicted octanol–water partition coefficient (Wildman–Crippen LogP) is 3.15. The first-order chi connectivity index (χ1) is 10.1. The van der Waals surface area contributed by atoms with Crippen LogP contribution in [0.15, 0.2) is 29.6 Å². The summed E-state index contributed by atoms with van der Waals surface area (Å²) in [5.41, 5.74) is 1.54. The molecule has 1 aliphatic rings. The van der Waals surface area contributed by atoms with Crippen LogP contribution in [0.1, 0.15) is 19.0 Å². The summed E-state index contributed by atoms with van der Waals surface area (Å²) in [7, 11) is 0. The Labute approximate surface area is 128 Å². The third-order valence-corrected chi connectivity index (χ3v) is 4.96. The lowest BCUT2D eigenvalue weighted by Crippen LogP contribution is -2.24. The molecule has 3 nitrogen and oxygen atoms in total. The molecular weight excluding hydrogens is 287 g/mol. The molecule has 0 radical (unpaired) electrons. The summed E-state index contributed by atoms with van der Waals surface area (Å²) in [6, 6.07) is 6.74. The molecule has 1 aliphatic heterocycles. The number of halogens is 1. The van der Waals surface area contributed by atoms with Crippen molar-refractivity contribution in [3.05, 3.63) is 41.2 Å². The van der Waals surface area contributed by atoms with Gasteiger partial charge in [0, 0.05) is 24.0 Å². The molecule has 0 bridgehead atoms. The van der Waals surface area contributed by atoms with E-state index < -0.39 is 0 Å². The first kappa shape index (κ1) is 14.6. The van der Waals surface area contributed by atoms with Gasteiger partial charge < -0.3 is 5.11 Å². The van der Waals surface area contributed by atoms with Crippen LogP contribution in [0.3, 0.4) is 0 Å². The minimum atomic E-state index is -0.251. The zero-order valence-electron chi connectivity index (χ0n) is 12.0. The Morgan fingerprint density at radius 1 is 1.48 bits per heavy atom. The standard InChI is InChI=1S/C16H19FN2OS/c1-11(20)12-6-7-19(8-12)9-13-10-21-16(18-13)14-4-2-3-5-15(14)17/h2-5,10-12,20H,6-9H2,1H3. The summed E-state index contributed by atoms with van der Waals surface area (Å²) in [6.07, 6.45) is 0.779. The normalized spacial score (nSPS) is 20.8. The third-order valence-electron chi connectivity index (χ3n) is 4.03. The second kappa shape index (κ2) is 6.22. The lowest BCUT2D eigenvalue weighted by Gasteiger charge is -2.16. The number of thiazole rings is 1. The molecule has 21 heavy (non-hydrogen) atoms. The van der Waals surface area contributed by atoms with E-state index in [9.17, 15) is 9.50 Å². The Balaban J connectivity index is 1.68. The van der Waals surface area contributed by atoms with Gasteiger partial charge in [0.1, 0.15) is 10.8 Å². The van der Waals surface area contributed by atoms with E-state index in [-0.39, 0.29) is 11.9 Å². The van der Waals surface area contributed by atoms with E-state index in [2.05, 4.69) is 9.88 Å². The first-order valence-corrected chi connectivity index (χ1v) is 8.11. The first-order valence-electron chi connectivity index (χ1n) is 7.23. The largest absolute Gasteiger partial charge is 0.393 e. The van der Waals surface area contributed by atoms with E-state index in [4.69, 9.17) is 0 Å². The summed E-state index contributed by atoms with van der Waals surface area (Å²) in [6.45, 7) is 4.52. The molecule has 0 aliphatic carbocycles. The number of aromatic nitrogens is 1. The van der Waals surface area contributed by atoms with E-state index in [1.54, 1.807) is 12.1 Å². The summed E-state index contributed by atoms with van der Waals surface area (Å²) in [5, 5.41) is 12.4. The maximum absolute atomic E-state index is 13.8. The van der Waals surface area contributed by atoms with Gasteiger partial charge in [-0.25, -0.2) is 9.37 Å². The number of aliphatic hydroxyl groups is 1. The molecule has 1 saturated heterocycles. The quantitative estimate of drug-likeness (QED) is 0.942. The van der Waals surface area contributed by atoms with Gasteiger partial charge in [0.15, 0.2) is 0 Å². The highest BCUT2D eigenvalue weighted by molar-refractivity contribution is 7.13. The predicted molar refractivity (Wildman–Crippen MR) is 82.6 cm³/mol. The number of hydrogen-bond acceptors (Lipinski definition) is 4. The van der Waals surface area contributed by atoms with Crippen molar-refractivity contribution in [3.8, 4) is 10.6 Å². The fourth-order valence-corrected chi connectivity index (χ4v) is 3.60. The molecule has 112 valence electrons. The number of nitrogens with zero attached hydrogens (tertiary/aromatic N) is 2. The minimum absolute atomic E-state index is 0.228. The summed E-state index contributed by atoms with van der Waals surface area (Å²) in [5.74, 6) is 0.128. The van der Waals surface area contributed by atoms with E-state index in [1.807, 2.05) is 18.4 Å². The number of aliphatic hydroxyl groups excluding tert-OH is 1. The molecule has 2 aromatic rings. The molecule has 0 spiro atoms. The summed E-state index contributed by atoms with van der Waals surface area (Å²) < 4.78 is 13.8. The number of benzene rings is 1. The van der Waals surface area contributed by atoms with E-state index in [0.29, 0.717) is 11.5 Å². The second-order valence-corrected chi connectivity index (χ2v) is 6.51. The Kier molecular flexibility index (Phi) is 4.33. The average molecular weight is 306 g/mol. The Morgan fingerprint density at radius 2 is 2.29 bits per heavy atom.